The van der Waals surface area contributed by atoms with Crippen LogP contribution in [0, 0.1) is 11.3 Å². The van der Waals surface area contributed by atoms with E-state index in [4.69, 9.17) is 5.26 Å². The van der Waals surface area contributed by atoms with Crippen LogP contribution in [-0.4, -0.2) is 24.9 Å². The third kappa shape index (κ3) is 3.54. The molecule has 2 heterocycles. The lowest BCUT2D eigenvalue weighted by molar-refractivity contribution is 0.620. The van der Waals surface area contributed by atoms with E-state index in [0.717, 1.165) is 42.1 Å². The normalized spacial score (nSPS) is 11.2. The Hall–Kier alpha value is -2.33. The third-order valence-electron chi connectivity index (χ3n) is 4.13. The van der Waals surface area contributed by atoms with Crippen LogP contribution in [0.2, 0.25) is 0 Å². The van der Waals surface area contributed by atoms with E-state index in [1.165, 1.54) is 0 Å². The molecule has 3 rings (SSSR count). The van der Waals surface area contributed by atoms with E-state index in [2.05, 4.69) is 23.2 Å². The smallest absolute Gasteiger partial charge is 0.262 e. The predicted molar refractivity (Wildman–Crippen MR) is 99.8 cm³/mol. The lowest BCUT2D eigenvalue weighted by Gasteiger charge is -2.10. The van der Waals surface area contributed by atoms with Crippen molar-refractivity contribution >= 4 is 28.4 Å². The average Bonchev–Trinajstić information content (AvgIpc) is 3.05. The summed E-state index contributed by atoms with van der Waals surface area (Å²) < 4.78 is 3.72. The molecule has 0 N–H and O–H groups in total. The van der Waals surface area contributed by atoms with Gasteiger partial charge in [-0.05, 0) is 31.4 Å². The van der Waals surface area contributed by atoms with Crippen molar-refractivity contribution in [1.29, 1.82) is 5.26 Å². The number of thioether (sulfide) groups is 1. The summed E-state index contributed by atoms with van der Waals surface area (Å²) in [6.45, 7) is 2.75. The molecule has 0 saturated carbocycles. The van der Waals surface area contributed by atoms with Gasteiger partial charge in [0.15, 0.2) is 5.16 Å². The standard InChI is InChI=1S/C18H21N5OS/c1-2-3-12-22-16(24)14-9-5-6-10-15(14)23-17(22)20-21-18(23)25-13-8-4-7-11-19/h5-6,9-10H,2-4,7-8,12-13H2,1H3. The first-order valence-electron chi connectivity index (χ1n) is 8.64. The van der Waals surface area contributed by atoms with Crippen molar-refractivity contribution in [2.75, 3.05) is 5.75 Å². The third-order valence-corrected chi connectivity index (χ3v) is 5.14. The Morgan fingerprint density at radius 1 is 1.20 bits per heavy atom. The highest BCUT2D eigenvalue weighted by Gasteiger charge is 2.16. The SMILES string of the molecule is CCCCn1c(=O)c2ccccc2n2c(SCCCCC#N)nnc12. The van der Waals surface area contributed by atoms with Crippen molar-refractivity contribution in [2.45, 2.75) is 50.7 Å². The molecule has 0 bridgehead atoms. The molecule has 0 amide bonds. The number of fused-ring (bicyclic) bond motifs is 3. The van der Waals surface area contributed by atoms with Gasteiger partial charge in [0.05, 0.1) is 17.0 Å². The second-order valence-corrected chi connectivity index (χ2v) is 6.97. The van der Waals surface area contributed by atoms with Crippen molar-refractivity contribution in [2.24, 2.45) is 0 Å². The number of para-hydroxylation sites is 1. The second kappa shape index (κ2) is 8.17. The molecule has 0 aliphatic carbocycles. The number of benzene rings is 1. The van der Waals surface area contributed by atoms with Crippen LogP contribution in [0.15, 0.2) is 34.2 Å². The van der Waals surface area contributed by atoms with Gasteiger partial charge in [0.1, 0.15) is 0 Å². The van der Waals surface area contributed by atoms with Crippen LogP contribution in [0.1, 0.15) is 39.0 Å². The summed E-state index contributed by atoms with van der Waals surface area (Å²) in [4.78, 5) is 12.8. The monoisotopic (exact) mass is 355 g/mol. The predicted octanol–water partition coefficient (Wildman–Crippen LogP) is 3.63. The number of aryl methyl sites for hydroxylation is 1. The Morgan fingerprint density at radius 3 is 2.84 bits per heavy atom. The van der Waals surface area contributed by atoms with Crippen LogP contribution in [0.25, 0.3) is 16.7 Å². The van der Waals surface area contributed by atoms with Gasteiger partial charge in [-0.3, -0.25) is 13.8 Å². The minimum Gasteiger partial charge on any atom is -0.276 e. The molecule has 3 aromatic rings. The summed E-state index contributed by atoms with van der Waals surface area (Å²) in [6, 6.07) is 9.79. The van der Waals surface area contributed by atoms with Gasteiger partial charge in [-0.25, -0.2) is 0 Å². The largest absolute Gasteiger partial charge is 0.276 e. The van der Waals surface area contributed by atoms with Gasteiger partial charge in [0, 0.05) is 18.7 Å². The van der Waals surface area contributed by atoms with E-state index < -0.39 is 0 Å². The molecule has 0 radical (unpaired) electrons. The fourth-order valence-corrected chi connectivity index (χ4v) is 3.75. The lowest BCUT2D eigenvalue weighted by atomic mass is 10.2. The molecule has 1 aromatic carbocycles. The average molecular weight is 355 g/mol. The van der Waals surface area contributed by atoms with Crippen LogP contribution in [0.3, 0.4) is 0 Å². The minimum absolute atomic E-state index is 0.00507. The quantitative estimate of drug-likeness (QED) is 0.455. The van der Waals surface area contributed by atoms with Gasteiger partial charge in [-0.1, -0.05) is 37.2 Å². The molecular weight excluding hydrogens is 334 g/mol. The second-order valence-electron chi connectivity index (χ2n) is 5.91. The number of hydrogen-bond donors (Lipinski definition) is 0. The maximum atomic E-state index is 12.8. The van der Waals surface area contributed by atoms with E-state index in [9.17, 15) is 4.79 Å². The summed E-state index contributed by atoms with van der Waals surface area (Å²) in [5.74, 6) is 1.49. The Bertz CT molecular complexity index is 969. The van der Waals surface area contributed by atoms with E-state index in [1.54, 1.807) is 16.3 Å². The van der Waals surface area contributed by atoms with Crippen LogP contribution in [-0.2, 0) is 6.54 Å². The number of nitrogens with zero attached hydrogens (tertiary/aromatic N) is 5. The number of hydrogen-bond acceptors (Lipinski definition) is 5. The van der Waals surface area contributed by atoms with Crippen molar-refractivity contribution in [3.05, 3.63) is 34.6 Å². The number of rotatable bonds is 8. The van der Waals surface area contributed by atoms with Crippen LogP contribution >= 0.6 is 11.8 Å². The van der Waals surface area contributed by atoms with E-state index in [-0.39, 0.29) is 5.56 Å². The zero-order valence-electron chi connectivity index (χ0n) is 14.3. The first-order valence-corrected chi connectivity index (χ1v) is 9.63. The van der Waals surface area contributed by atoms with Crippen molar-refractivity contribution < 1.29 is 0 Å². The van der Waals surface area contributed by atoms with Gasteiger partial charge < -0.3 is 0 Å². The Labute approximate surface area is 150 Å². The molecule has 0 spiro atoms. The van der Waals surface area contributed by atoms with Gasteiger partial charge in [-0.15, -0.1) is 10.2 Å². The summed E-state index contributed by atoms with van der Waals surface area (Å²) in [5, 5.41) is 18.7. The fourth-order valence-electron chi connectivity index (χ4n) is 2.81. The molecule has 2 aromatic heterocycles. The topological polar surface area (TPSA) is 76.0 Å². The van der Waals surface area contributed by atoms with Gasteiger partial charge in [0.2, 0.25) is 5.78 Å². The minimum atomic E-state index is -0.00507. The Balaban J connectivity index is 2.04. The van der Waals surface area contributed by atoms with Crippen LogP contribution in [0.5, 0.6) is 0 Å². The zero-order valence-corrected chi connectivity index (χ0v) is 15.1. The van der Waals surface area contributed by atoms with Crippen molar-refractivity contribution in [3.8, 4) is 6.07 Å². The maximum absolute atomic E-state index is 12.8. The molecule has 0 aliphatic rings. The highest BCUT2D eigenvalue weighted by molar-refractivity contribution is 7.99. The highest BCUT2D eigenvalue weighted by Crippen LogP contribution is 2.22. The highest BCUT2D eigenvalue weighted by atomic mass is 32.2. The molecule has 6 nitrogen and oxygen atoms in total. The zero-order chi connectivity index (χ0) is 17.6. The van der Waals surface area contributed by atoms with E-state index in [0.29, 0.717) is 24.1 Å². The summed E-state index contributed by atoms with van der Waals surface area (Å²) >= 11 is 1.62. The molecule has 0 aliphatic heterocycles. The molecule has 7 heteroatoms. The molecule has 0 saturated heterocycles. The summed E-state index contributed by atoms with van der Waals surface area (Å²) in [6.07, 6.45) is 4.38. The van der Waals surface area contributed by atoms with Crippen molar-refractivity contribution in [3.63, 3.8) is 0 Å². The Morgan fingerprint density at radius 2 is 2.04 bits per heavy atom. The first kappa shape index (κ1) is 17.5. The lowest BCUT2D eigenvalue weighted by Crippen LogP contribution is -2.23. The van der Waals surface area contributed by atoms with Gasteiger partial charge >= 0.3 is 0 Å². The maximum Gasteiger partial charge on any atom is 0.262 e. The number of aromatic nitrogens is 4. The van der Waals surface area contributed by atoms with Crippen LogP contribution < -0.4 is 5.56 Å². The van der Waals surface area contributed by atoms with Crippen molar-refractivity contribution in [1.82, 2.24) is 19.2 Å². The fraction of sp³-hybridized carbons (Fsp3) is 0.444. The molecular formula is C18H21N5OS. The van der Waals surface area contributed by atoms with Crippen LogP contribution in [0.4, 0.5) is 0 Å². The molecule has 25 heavy (non-hydrogen) atoms. The molecule has 0 atom stereocenters. The molecule has 0 fully saturated rings. The molecule has 0 unspecified atom stereocenters. The summed E-state index contributed by atoms with van der Waals surface area (Å²) in [7, 11) is 0. The van der Waals surface area contributed by atoms with E-state index in [1.807, 2.05) is 28.7 Å². The molecule has 130 valence electrons. The Kier molecular flexibility index (Phi) is 5.71. The number of unbranched alkanes of at least 4 members (excludes halogenated alkanes) is 3. The van der Waals surface area contributed by atoms with Gasteiger partial charge in [-0.2, -0.15) is 5.26 Å². The number of nitriles is 1. The summed E-state index contributed by atoms with van der Waals surface area (Å²) in [5.41, 5.74) is 0.842. The van der Waals surface area contributed by atoms with E-state index >= 15 is 0 Å². The first-order chi connectivity index (χ1) is 12.3. The van der Waals surface area contributed by atoms with Gasteiger partial charge in [0.25, 0.3) is 5.56 Å².